The number of furan rings is 1. The number of methoxy groups -OCH3 is 1. The number of aryl methyl sites for hydroxylation is 1. The van der Waals surface area contributed by atoms with Crippen molar-refractivity contribution in [1.82, 2.24) is 15.2 Å². The summed E-state index contributed by atoms with van der Waals surface area (Å²) >= 11 is 0. The summed E-state index contributed by atoms with van der Waals surface area (Å²) in [4.78, 5) is 64.6. The molecule has 1 aromatic carbocycles. The molecule has 3 rings (SSSR count). The van der Waals surface area contributed by atoms with Crippen LogP contribution < -0.4 is 21.5 Å². The van der Waals surface area contributed by atoms with Crippen LogP contribution in [0.15, 0.2) is 64.0 Å². The van der Waals surface area contributed by atoms with Crippen LogP contribution in [-0.4, -0.2) is 46.9 Å². The lowest BCUT2D eigenvalue weighted by atomic mass is 9.86. The zero-order valence-corrected chi connectivity index (χ0v) is 26.7. The second kappa shape index (κ2) is 16.4. The highest BCUT2D eigenvalue weighted by atomic mass is 16.5. The third-order valence-electron chi connectivity index (χ3n) is 7.88. The summed E-state index contributed by atoms with van der Waals surface area (Å²) in [6.45, 7) is 7.75. The van der Waals surface area contributed by atoms with E-state index in [1.807, 2.05) is 19.1 Å². The molecule has 3 amide bonds. The standard InChI is InChI=1S/C34H44N4O7/c1-6-19-34(8-3,20-7-2)37-28(39)22-38-21-13-16-26(33(38)43)36-31(41)25(15-10-12-18-29(40)44-5)35-32(42)30-23(4)24-14-9-11-17-27(24)45-30/h9,11-14,16-18,21,25H,6-8,10,15,19-20,22H2,1-5H3,(H,35,42)(H,36,41)(H,37,39)/b18-12+/t25-/m0/s1. The third-order valence-corrected chi connectivity index (χ3v) is 7.88. The molecule has 3 aromatic rings. The third kappa shape index (κ3) is 9.17. The van der Waals surface area contributed by atoms with E-state index in [2.05, 4.69) is 34.5 Å². The maximum Gasteiger partial charge on any atom is 0.330 e. The summed E-state index contributed by atoms with van der Waals surface area (Å²) in [5.41, 5.74) is 0.238. The van der Waals surface area contributed by atoms with Crippen molar-refractivity contribution in [3.63, 3.8) is 0 Å². The lowest BCUT2D eigenvalue weighted by Gasteiger charge is -2.34. The fraction of sp³-hybridized carbons (Fsp3) is 0.441. The van der Waals surface area contributed by atoms with Crippen LogP contribution in [-0.2, 0) is 25.7 Å². The van der Waals surface area contributed by atoms with Gasteiger partial charge in [-0.2, -0.15) is 0 Å². The zero-order valence-electron chi connectivity index (χ0n) is 26.7. The van der Waals surface area contributed by atoms with Crippen LogP contribution in [0.1, 0.15) is 81.8 Å². The minimum atomic E-state index is -1.09. The van der Waals surface area contributed by atoms with Crippen molar-refractivity contribution in [3.8, 4) is 0 Å². The quantitative estimate of drug-likeness (QED) is 0.151. The predicted octanol–water partition coefficient (Wildman–Crippen LogP) is 5.01. The number of ether oxygens (including phenoxy) is 1. The first-order valence-corrected chi connectivity index (χ1v) is 15.4. The number of benzene rings is 1. The van der Waals surface area contributed by atoms with Gasteiger partial charge in [0.1, 0.15) is 23.9 Å². The molecule has 0 saturated heterocycles. The number of nitrogens with zero attached hydrogens (tertiary/aromatic N) is 1. The Kier molecular flexibility index (Phi) is 12.7. The van der Waals surface area contributed by atoms with Crippen LogP contribution in [0.3, 0.4) is 0 Å². The molecule has 0 unspecified atom stereocenters. The van der Waals surface area contributed by atoms with Gasteiger partial charge >= 0.3 is 5.97 Å². The first kappa shape index (κ1) is 34.8. The van der Waals surface area contributed by atoms with Crippen molar-refractivity contribution >= 4 is 40.3 Å². The van der Waals surface area contributed by atoms with Crippen LogP contribution in [0.4, 0.5) is 5.69 Å². The van der Waals surface area contributed by atoms with Gasteiger partial charge in [0, 0.05) is 28.8 Å². The SMILES string of the molecule is CCCC(CC)(CCC)NC(=O)Cn1cccc(NC(=O)[C@H](CC/C=C/C(=O)OC)NC(=O)c2oc3ccccc3c2C)c1=O. The fourth-order valence-corrected chi connectivity index (χ4v) is 5.51. The average molecular weight is 621 g/mol. The van der Waals surface area contributed by atoms with Crippen molar-refractivity contribution in [3.05, 3.63) is 76.4 Å². The first-order chi connectivity index (χ1) is 21.6. The summed E-state index contributed by atoms with van der Waals surface area (Å²) in [5, 5.41) is 9.25. The molecule has 1 atom stereocenters. The Balaban J connectivity index is 1.80. The van der Waals surface area contributed by atoms with Crippen LogP contribution in [0.25, 0.3) is 11.0 Å². The van der Waals surface area contributed by atoms with Crippen LogP contribution >= 0.6 is 0 Å². The van der Waals surface area contributed by atoms with Crippen LogP contribution in [0.2, 0.25) is 0 Å². The van der Waals surface area contributed by atoms with Gasteiger partial charge in [-0.1, -0.05) is 57.9 Å². The Labute approximate surface area is 263 Å². The van der Waals surface area contributed by atoms with Crippen molar-refractivity contribution in [1.29, 1.82) is 0 Å². The topological polar surface area (TPSA) is 149 Å². The zero-order chi connectivity index (χ0) is 33.0. The van der Waals surface area contributed by atoms with E-state index in [0.717, 1.165) is 37.5 Å². The van der Waals surface area contributed by atoms with Gasteiger partial charge in [-0.25, -0.2) is 4.79 Å². The molecule has 2 heterocycles. The number of hydrogen-bond donors (Lipinski definition) is 3. The van der Waals surface area contributed by atoms with Crippen molar-refractivity contribution in [2.24, 2.45) is 0 Å². The summed E-state index contributed by atoms with van der Waals surface area (Å²) in [5.74, 6) is -2.00. The number of nitrogens with one attached hydrogen (secondary N) is 3. The van der Waals surface area contributed by atoms with Crippen molar-refractivity contribution in [2.75, 3.05) is 12.4 Å². The lowest BCUT2D eigenvalue weighted by Crippen LogP contribution is -2.49. The number of pyridine rings is 1. The molecule has 11 heteroatoms. The van der Waals surface area contributed by atoms with E-state index in [1.54, 1.807) is 25.1 Å². The van der Waals surface area contributed by atoms with E-state index >= 15 is 0 Å². The van der Waals surface area contributed by atoms with Gasteiger partial charge in [0.25, 0.3) is 11.5 Å². The predicted molar refractivity (Wildman–Crippen MR) is 173 cm³/mol. The molecular formula is C34H44N4O7. The molecule has 45 heavy (non-hydrogen) atoms. The number of fused-ring (bicyclic) bond motifs is 1. The highest BCUT2D eigenvalue weighted by Crippen LogP contribution is 2.25. The van der Waals surface area contributed by atoms with E-state index in [4.69, 9.17) is 4.42 Å². The molecule has 11 nitrogen and oxygen atoms in total. The second-order valence-corrected chi connectivity index (χ2v) is 11.1. The van der Waals surface area contributed by atoms with Gasteiger partial charge in [-0.15, -0.1) is 0 Å². The number of hydrogen-bond acceptors (Lipinski definition) is 7. The normalized spacial score (nSPS) is 12.2. The lowest BCUT2D eigenvalue weighted by molar-refractivity contribution is -0.134. The van der Waals surface area contributed by atoms with Crippen molar-refractivity contribution in [2.45, 2.75) is 90.8 Å². The first-order valence-electron chi connectivity index (χ1n) is 15.4. The molecule has 0 aliphatic heterocycles. The molecule has 0 spiro atoms. The molecule has 0 aliphatic carbocycles. The number of para-hydroxylation sites is 1. The van der Waals surface area contributed by atoms with E-state index in [9.17, 15) is 24.0 Å². The molecule has 0 saturated carbocycles. The molecule has 3 N–H and O–H groups in total. The number of aromatic nitrogens is 1. The van der Waals surface area contributed by atoms with E-state index < -0.39 is 29.4 Å². The van der Waals surface area contributed by atoms with Crippen LogP contribution in [0, 0.1) is 6.92 Å². The summed E-state index contributed by atoms with van der Waals surface area (Å²) in [7, 11) is 1.26. The van der Waals surface area contributed by atoms with Gasteiger partial charge in [-0.3, -0.25) is 19.2 Å². The Morgan fingerprint density at radius 3 is 2.40 bits per heavy atom. The Morgan fingerprint density at radius 1 is 1.04 bits per heavy atom. The number of carbonyl (C=O) groups excluding carboxylic acids is 4. The number of carbonyl (C=O) groups is 4. The summed E-state index contributed by atoms with van der Waals surface area (Å²) in [6.07, 6.45) is 8.91. The van der Waals surface area contributed by atoms with Gasteiger partial charge in [0.15, 0.2) is 5.76 Å². The number of allylic oxidation sites excluding steroid dienone is 1. The number of esters is 1. The monoisotopic (exact) mass is 620 g/mol. The second-order valence-electron chi connectivity index (χ2n) is 11.1. The van der Waals surface area contributed by atoms with Gasteiger partial charge in [-0.05, 0) is 57.2 Å². The molecule has 0 radical (unpaired) electrons. The average Bonchev–Trinajstić information content (AvgIpc) is 3.36. The maximum atomic E-state index is 13.5. The number of anilines is 1. The van der Waals surface area contributed by atoms with E-state index in [0.29, 0.717) is 11.1 Å². The minimum Gasteiger partial charge on any atom is -0.466 e. The smallest absolute Gasteiger partial charge is 0.330 e. The largest absolute Gasteiger partial charge is 0.466 e. The molecule has 0 bridgehead atoms. The highest BCUT2D eigenvalue weighted by Gasteiger charge is 2.29. The minimum absolute atomic E-state index is 0.0385. The molecule has 242 valence electrons. The van der Waals surface area contributed by atoms with Crippen molar-refractivity contribution < 1.29 is 28.3 Å². The van der Waals surface area contributed by atoms with Gasteiger partial charge in [0.05, 0.1) is 7.11 Å². The van der Waals surface area contributed by atoms with E-state index in [1.165, 1.54) is 36.1 Å². The molecule has 0 fully saturated rings. The van der Waals surface area contributed by atoms with Crippen LogP contribution in [0.5, 0.6) is 0 Å². The molecule has 0 aliphatic rings. The highest BCUT2D eigenvalue weighted by molar-refractivity contribution is 6.03. The summed E-state index contributed by atoms with van der Waals surface area (Å²) in [6, 6.07) is 9.14. The van der Waals surface area contributed by atoms with Gasteiger partial charge < -0.3 is 29.7 Å². The Bertz CT molecular complexity index is 1580. The number of amides is 3. The summed E-state index contributed by atoms with van der Waals surface area (Å²) < 4.78 is 11.6. The molecular weight excluding hydrogens is 576 g/mol. The molecule has 2 aromatic heterocycles. The van der Waals surface area contributed by atoms with Gasteiger partial charge in [0.2, 0.25) is 11.8 Å². The van der Waals surface area contributed by atoms with E-state index in [-0.39, 0.29) is 42.3 Å². The number of rotatable bonds is 16. The Morgan fingerprint density at radius 2 is 1.76 bits per heavy atom. The Hall–Kier alpha value is -4.67. The fourth-order valence-electron chi connectivity index (χ4n) is 5.51. The maximum absolute atomic E-state index is 13.5.